The van der Waals surface area contributed by atoms with E-state index in [1.54, 1.807) is 23.8 Å². The molecule has 1 aromatic carbocycles. The number of anilines is 1. The van der Waals surface area contributed by atoms with Gasteiger partial charge in [0, 0.05) is 35.8 Å². The minimum absolute atomic E-state index is 0.287. The number of hydrogen-bond donors (Lipinski definition) is 2. The average molecular weight is 480 g/mol. The fourth-order valence-corrected chi connectivity index (χ4v) is 4.07. The van der Waals surface area contributed by atoms with Gasteiger partial charge in [-0.3, -0.25) is 9.78 Å². The van der Waals surface area contributed by atoms with Gasteiger partial charge in [0.15, 0.2) is 0 Å². The quantitative estimate of drug-likeness (QED) is 0.366. The van der Waals surface area contributed by atoms with Crippen LogP contribution >= 0.6 is 11.3 Å². The molecular weight excluding hydrogens is 454 g/mol. The number of carbonyl (C=O) groups is 2. The zero-order valence-corrected chi connectivity index (χ0v) is 19.9. The normalized spacial score (nSPS) is 11.4. The van der Waals surface area contributed by atoms with Gasteiger partial charge in [0.1, 0.15) is 17.7 Å². The van der Waals surface area contributed by atoms with Gasteiger partial charge in [-0.1, -0.05) is 6.07 Å². The molecule has 0 atom stereocenters. The first-order valence-corrected chi connectivity index (χ1v) is 11.6. The lowest BCUT2D eigenvalue weighted by Gasteiger charge is -2.19. The molecule has 10 heteroatoms. The number of rotatable bonds is 7. The molecule has 0 aliphatic heterocycles. The Bertz CT molecular complexity index is 1330. The molecule has 0 unspecified atom stereocenters. The Morgan fingerprint density at radius 2 is 2.03 bits per heavy atom. The lowest BCUT2D eigenvalue weighted by Crippen LogP contribution is -2.33. The molecule has 9 nitrogen and oxygen atoms in total. The van der Waals surface area contributed by atoms with Crippen LogP contribution in [0.4, 0.5) is 10.5 Å². The molecule has 2 amide bonds. The van der Waals surface area contributed by atoms with Crippen LogP contribution in [0.3, 0.4) is 0 Å². The third-order valence-corrected chi connectivity index (χ3v) is 5.59. The van der Waals surface area contributed by atoms with Gasteiger partial charge in [0.05, 0.1) is 33.6 Å². The van der Waals surface area contributed by atoms with Gasteiger partial charge >= 0.3 is 6.09 Å². The minimum Gasteiger partial charge on any atom is -0.491 e. The highest BCUT2D eigenvalue weighted by atomic mass is 32.1. The summed E-state index contributed by atoms with van der Waals surface area (Å²) in [5.74, 6) is 0.204. The first kappa shape index (κ1) is 23.4. The largest absolute Gasteiger partial charge is 0.491 e. The number of nitrogens with one attached hydrogen (secondary N) is 2. The topological polar surface area (TPSA) is 115 Å². The minimum atomic E-state index is -0.550. The SMILES string of the molecule is CC(C)(C)OC(=O)NCCCOc1cc2ncccc2cc1NC(=O)c1csc2cncnc12. The Labute approximate surface area is 200 Å². The highest BCUT2D eigenvalue weighted by Gasteiger charge is 2.17. The van der Waals surface area contributed by atoms with Gasteiger partial charge in [-0.25, -0.2) is 14.8 Å². The number of amides is 2. The number of carbonyl (C=O) groups excluding carboxylic acids is 2. The van der Waals surface area contributed by atoms with Crippen molar-refractivity contribution in [3.8, 4) is 5.75 Å². The lowest BCUT2D eigenvalue weighted by molar-refractivity contribution is 0.0525. The summed E-state index contributed by atoms with van der Waals surface area (Å²) >= 11 is 1.41. The summed E-state index contributed by atoms with van der Waals surface area (Å²) < 4.78 is 12.0. The number of benzene rings is 1. The molecule has 0 aliphatic rings. The average Bonchev–Trinajstić information content (AvgIpc) is 3.22. The maximum Gasteiger partial charge on any atom is 0.407 e. The van der Waals surface area contributed by atoms with Crippen LogP contribution in [0.15, 0.2) is 48.4 Å². The van der Waals surface area contributed by atoms with Crippen molar-refractivity contribution in [3.05, 3.63) is 53.9 Å². The summed E-state index contributed by atoms with van der Waals surface area (Å²) in [5, 5.41) is 8.28. The van der Waals surface area contributed by atoms with Gasteiger partial charge in [0.2, 0.25) is 0 Å². The molecule has 0 fully saturated rings. The maximum atomic E-state index is 13.0. The molecule has 3 aromatic heterocycles. The fraction of sp³-hybridized carbons (Fsp3) is 0.292. The molecular formula is C24H25N5O4S. The van der Waals surface area contributed by atoms with Crippen molar-refractivity contribution in [2.75, 3.05) is 18.5 Å². The number of hydrogen-bond acceptors (Lipinski definition) is 8. The van der Waals surface area contributed by atoms with Crippen molar-refractivity contribution >= 4 is 50.1 Å². The lowest BCUT2D eigenvalue weighted by atomic mass is 10.1. The number of pyridine rings is 1. The van der Waals surface area contributed by atoms with Crippen molar-refractivity contribution in [1.82, 2.24) is 20.3 Å². The summed E-state index contributed by atoms with van der Waals surface area (Å²) in [6.45, 7) is 6.15. The van der Waals surface area contributed by atoms with E-state index < -0.39 is 11.7 Å². The molecule has 0 radical (unpaired) electrons. The fourth-order valence-electron chi connectivity index (χ4n) is 3.21. The Kier molecular flexibility index (Phi) is 6.87. The van der Waals surface area contributed by atoms with Crippen LogP contribution in [0.25, 0.3) is 21.1 Å². The van der Waals surface area contributed by atoms with E-state index in [-0.39, 0.29) is 5.91 Å². The summed E-state index contributed by atoms with van der Waals surface area (Å²) in [4.78, 5) is 37.4. The van der Waals surface area contributed by atoms with Crippen LogP contribution in [0.5, 0.6) is 5.75 Å². The molecule has 0 spiro atoms. The highest BCUT2D eigenvalue weighted by molar-refractivity contribution is 7.17. The Hall–Kier alpha value is -3.79. The van der Waals surface area contributed by atoms with Gasteiger partial charge < -0.3 is 20.1 Å². The highest BCUT2D eigenvalue weighted by Crippen LogP contribution is 2.31. The molecule has 3 heterocycles. The van der Waals surface area contributed by atoms with E-state index in [2.05, 4.69) is 25.6 Å². The van der Waals surface area contributed by atoms with Crippen molar-refractivity contribution in [2.24, 2.45) is 0 Å². The molecule has 4 rings (SSSR count). The Balaban J connectivity index is 1.46. The van der Waals surface area contributed by atoms with Gasteiger partial charge in [-0.05, 0) is 39.3 Å². The molecule has 176 valence electrons. The first-order valence-electron chi connectivity index (χ1n) is 10.8. The van der Waals surface area contributed by atoms with Crippen LogP contribution in [0.2, 0.25) is 0 Å². The van der Waals surface area contributed by atoms with E-state index in [1.807, 2.05) is 39.0 Å². The third-order valence-electron chi connectivity index (χ3n) is 4.68. The Morgan fingerprint density at radius 1 is 1.18 bits per heavy atom. The maximum absolute atomic E-state index is 13.0. The van der Waals surface area contributed by atoms with Gasteiger partial charge in [-0.15, -0.1) is 11.3 Å². The second kappa shape index (κ2) is 10.0. The monoisotopic (exact) mass is 479 g/mol. The second-order valence-corrected chi connectivity index (χ2v) is 9.43. The van der Waals surface area contributed by atoms with E-state index in [0.29, 0.717) is 42.1 Å². The smallest absolute Gasteiger partial charge is 0.407 e. The standard InChI is InChI=1S/C24H25N5O4S/c1-24(2,3)33-23(31)27-8-5-9-32-19-11-17-15(6-4-7-26-17)10-18(19)29-22(30)16-13-34-20-12-25-14-28-21(16)20/h4,6-7,10-14H,5,8-9H2,1-3H3,(H,27,31)(H,29,30). The molecule has 2 N–H and O–H groups in total. The predicted molar refractivity (Wildman–Crippen MR) is 131 cm³/mol. The van der Waals surface area contributed by atoms with Crippen LogP contribution in [-0.2, 0) is 4.74 Å². The molecule has 4 aromatic rings. The zero-order valence-electron chi connectivity index (χ0n) is 19.1. The Morgan fingerprint density at radius 3 is 2.85 bits per heavy atom. The van der Waals surface area contributed by atoms with Crippen molar-refractivity contribution < 1.29 is 19.1 Å². The van der Waals surface area contributed by atoms with Crippen molar-refractivity contribution in [3.63, 3.8) is 0 Å². The van der Waals surface area contributed by atoms with Crippen LogP contribution in [-0.4, -0.2) is 45.7 Å². The number of thiophene rings is 1. The van der Waals surface area contributed by atoms with E-state index in [4.69, 9.17) is 9.47 Å². The second-order valence-electron chi connectivity index (χ2n) is 8.51. The van der Waals surface area contributed by atoms with Crippen molar-refractivity contribution in [2.45, 2.75) is 32.8 Å². The van der Waals surface area contributed by atoms with Crippen LogP contribution < -0.4 is 15.4 Å². The van der Waals surface area contributed by atoms with Crippen LogP contribution in [0, 0.1) is 0 Å². The number of aromatic nitrogens is 3. The van der Waals surface area contributed by atoms with E-state index in [9.17, 15) is 9.59 Å². The first-order chi connectivity index (χ1) is 16.3. The molecule has 34 heavy (non-hydrogen) atoms. The zero-order chi connectivity index (χ0) is 24.1. The van der Waals surface area contributed by atoms with Gasteiger partial charge in [-0.2, -0.15) is 0 Å². The molecule has 0 bridgehead atoms. The van der Waals surface area contributed by atoms with E-state index in [1.165, 1.54) is 17.7 Å². The van der Waals surface area contributed by atoms with Gasteiger partial charge in [0.25, 0.3) is 5.91 Å². The molecule has 0 aliphatic carbocycles. The number of ether oxygens (including phenoxy) is 2. The van der Waals surface area contributed by atoms with Crippen molar-refractivity contribution in [1.29, 1.82) is 0 Å². The summed E-state index contributed by atoms with van der Waals surface area (Å²) in [6.07, 6.45) is 4.89. The summed E-state index contributed by atoms with van der Waals surface area (Å²) in [7, 11) is 0. The number of alkyl carbamates (subject to hydrolysis) is 1. The molecule has 0 saturated heterocycles. The number of fused-ring (bicyclic) bond motifs is 2. The number of nitrogens with zero attached hydrogens (tertiary/aromatic N) is 3. The van der Waals surface area contributed by atoms with E-state index in [0.717, 1.165) is 15.6 Å². The third kappa shape index (κ3) is 5.76. The predicted octanol–water partition coefficient (Wildman–Crippen LogP) is 4.79. The van der Waals surface area contributed by atoms with E-state index >= 15 is 0 Å². The summed E-state index contributed by atoms with van der Waals surface area (Å²) in [6, 6.07) is 7.37. The van der Waals surface area contributed by atoms with Crippen LogP contribution in [0.1, 0.15) is 37.6 Å². The molecule has 0 saturated carbocycles. The summed E-state index contributed by atoms with van der Waals surface area (Å²) in [5.41, 5.74) is 1.80.